The molecule has 0 aromatic heterocycles. The molecule has 0 bridgehead atoms. The van der Waals surface area contributed by atoms with Crippen molar-refractivity contribution in [2.45, 2.75) is 46.1 Å². The first kappa shape index (κ1) is 11.9. The molecular weight excluding hydrogens is 152 g/mol. The second-order valence-electron chi connectivity index (χ2n) is 4.62. The SMILES string of the molecule is COCCCC(C)(O)C(C)(C)C. The Bertz CT molecular complexity index is 122. The van der Waals surface area contributed by atoms with Crippen LogP contribution in [0.25, 0.3) is 0 Å². The fourth-order valence-corrected chi connectivity index (χ4v) is 0.936. The lowest BCUT2D eigenvalue weighted by Crippen LogP contribution is -2.39. The van der Waals surface area contributed by atoms with E-state index >= 15 is 0 Å². The Morgan fingerprint density at radius 1 is 1.17 bits per heavy atom. The molecule has 0 amide bonds. The Balaban J connectivity index is 3.88. The van der Waals surface area contributed by atoms with E-state index in [9.17, 15) is 5.11 Å². The number of ether oxygens (including phenoxy) is 1. The van der Waals surface area contributed by atoms with Crippen molar-refractivity contribution in [3.63, 3.8) is 0 Å². The molecule has 0 rings (SSSR count). The van der Waals surface area contributed by atoms with Crippen molar-refractivity contribution in [1.82, 2.24) is 0 Å². The van der Waals surface area contributed by atoms with Crippen LogP contribution >= 0.6 is 0 Å². The van der Waals surface area contributed by atoms with E-state index in [1.165, 1.54) is 0 Å². The Kier molecular flexibility index (Phi) is 4.21. The van der Waals surface area contributed by atoms with Crippen molar-refractivity contribution in [2.75, 3.05) is 13.7 Å². The highest BCUT2D eigenvalue weighted by molar-refractivity contribution is 4.85. The van der Waals surface area contributed by atoms with Crippen LogP contribution in [0.5, 0.6) is 0 Å². The van der Waals surface area contributed by atoms with Crippen LogP contribution in [0.1, 0.15) is 40.5 Å². The number of hydrogen-bond donors (Lipinski definition) is 1. The summed E-state index contributed by atoms with van der Waals surface area (Å²) in [4.78, 5) is 0. The molecule has 74 valence electrons. The zero-order valence-electron chi connectivity index (χ0n) is 8.98. The summed E-state index contributed by atoms with van der Waals surface area (Å²) in [6.45, 7) is 8.79. The minimum Gasteiger partial charge on any atom is -0.390 e. The lowest BCUT2D eigenvalue weighted by atomic mass is 9.75. The van der Waals surface area contributed by atoms with E-state index < -0.39 is 5.60 Å². The van der Waals surface area contributed by atoms with Gasteiger partial charge in [0.15, 0.2) is 0 Å². The van der Waals surface area contributed by atoms with Crippen molar-refractivity contribution in [2.24, 2.45) is 5.41 Å². The molecule has 0 aliphatic carbocycles. The third-order valence-corrected chi connectivity index (χ3v) is 2.63. The summed E-state index contributed by atoms with van der Waals surface area (Å²) in [7, 11) is 1.69. The van der Waals surface area contributed by atoms with Crippen molar-refractivity contribution in [3.8, 4) is 0 Å². The summed E-state index contributed by atoms with van der Waals surface area (Å²) in [6, 6.07) is 0. The predicted molar refractivity (Wildman–Crippen MR) is 51.2 cm³/mol. The molecule has 0 saturated heterocycles. The van der Waals surface area contributed by atoms with Gasteiger partial charge < -0.3 is 9.84 Å². The largest absolute Gasteiger partial charge is 0.390 e. The molecule has 0 radical (unpaired) electrons. The molecule has 1 N–H and O–H groups in total. The molecule has 0 aromatic carbocycles. The van der Waals surface area contributed by atoms with Gasteiger partial charge in [0, 0.05) is 13.7 Å². The van der Waals surface area contributed by atoms with Gasteiger partial charge in [0.1, 0.15) is 0 Å². The predicted octanol–water partition coefficient (Wildman–Crippen LogP) is 2.21. The highest BCUT2D eigenvalue weighted by Gasteiger charge is 2.34. The van der Waals surface area contributed by atoms with E-state index in [2.05, 4.69) is 20.8 Å². The van der Waals surface area contributed by atoms with Gasteiger partial charge in [-0.15, -0.1) is 0 Å². The van der Waals surface area contributed by atoms with Gasteiger partial charge in [0.2, 0.25) is 0 Å². The monoisotopic (exact) mass is 174 g/mol. The first-order valence-corrected chi connectivity index (χ1v) is 4.52. The van der Waals surface area contributed by atoms with Gasteiger partial charge in [-0.05, 0) is 25.2 Å². The number of hydrogen-bond acceptors (Lipinski definition) is 2. The van der Waals surface area contributed by atoms with Crippen molar-refractivity contribution in [3.05, 3.63) is 0 Å². The molecule has 1 unspecified atom stereocenters. The molecule has 0 heterocycles. The first-order valence-electron chi connectivity index (χ1n) is 4.52. The van der Waals surface area contributed by atoms with Gasteiger partial charge in [-0.2, -0.15) is 0 Å². The highest BCUT2D eigenvalue weighted by Crippen LogP contribution is 2.33. The van der Waals surface area contributed by atoms with Gasteiger partial charge in [0.05, 0.1) is 5.60 Å². The third kappa shape index (κ3) is 3.55. The standard InChI is InChI=1S/C10H22O2/c1-9(2,3)10(4,11)7-6-8-12-5/h11H,6-8H2,1-5H3. The normalized spacial score (nSPS) is 17.5. The van der Waals surface area contributed by atoms with Crippen LogP contribution in [-0.4, -0.2) is 24.4 Å². The Morgan fingerprint density at radius 2 is 1.67 bits per heavy atom. The summed E-state index contributed by atoms with van der Waals surface area (Å²) in [5.74, 6) is 0. The maximum atomic E-state index is 10.0. The Morgan fingerprint density at radius 3 is 2.00 bits per heavy atom. The maximum Gasteiger partial charge on any atom is 0.0668 e. The summed E-state index contributed by atoms with van der Waals surface area (Å²) in [5, 5.41) is 10.0. The van der Waals surface area contributed by atoms with Gasteiger partial charge in [-0.3, -0.25) is 0 Å². The molecular formula is C10H22O2. The second kappa shape index (κ2) is 4.24. The van der Waals surface area contributed by atoms with Gasteiger partial charge in [-0.25, -0.2) is 0 Å². The number of rotatable bonds is 4. The summed E-state index contributed by atoms with van der Waals surface area (Å²) in [6.07, 6.45) is 1.71. The second-order valence-corrected chi connectivity index (χ2v) is 4.62. The fraction of sp³-hybridized carbons (Fsp3) is 1.00. The lowest BCUT2D eigenvalue weighted by molar-refractivity contribution is -0.0525. The molecule has 2 nitrogen and oxygen atoms in total. The van der Waals surface area contributed by atoms with Crippen LogP contribution < -0.4 is 0 Å². The molecule has 0 spiro atoms. The molecule has 0 saturated carbocycles. The van der Waals surface area contributed by atoms with Crippen LogP contribution in [0.2, 0.25) is 0 Å². The van der Waals surface area contributed by atoms with Crippen molar-refractivity contribution < 1.29 is 9.84 Å². The van der Waals surface area contributed by atoms with E-state index in [-0.39, 0.29) is 5.41 Å². The van der Waals surface area contributed by atoms with Crippen molar-refractivity contribution >= 4 is 0 Å². The molecule has 0 aliphatic heterocycles. The van der Waals surface area contributed by atoms with Crippen molar-refractivity contribution in [1.29, 1.82) is 0 Å². The number of methoxy groups -OCH3 is 1. The van der Waals surface area contributed by atoms with Crippen LogP contribution in [0.3, 0.4) is 0 Å². The first-order chi connectivity index (χ1) is 5.31. The lowest BCUT2D eigenvalue weighted by Gasteiger charge is -2.37. The molecule has 1 atom stereocenters. The third-order valence-electron chi connectivity index (χ3n) is 2.63. The van der Waals surface area contributed by atoms with Gasteiger partial charge >= 0.3 is 0 Å². The zero-order chi connectivity index (χ0) is 9.83. The molecule has 12 heavy (non-hydrogen) atoms. The zero-order valence-corrected chi connectivity index (χ0v) is 8.98. The molecule has 0 fully saturated rings. The van der Waals surface area contributed by atoms with E-state index in [1.54, 1.807) is 7.11 Å². The number of aliphatic hydroxyl groups is 1. The highest BCUT2D eigenvalue weighted by atomic mass is 16.5. The van der Waals surface area contributed by atoms with E-state index in [0.717, 1.165) is 19.4 Å². The smallest absolute Gasteiger partial charge is 0.0668 e. The van der Waals surface area contributed by atoms with E-state index in [1.807, 2.05) is 6.92 Å². The summed E-state index contributed by atoms with van der Waals surface area (Å²) >= 11 is 0. The van der Waals surface area contributed by atoms with Crippen LogP contribution in [0, 0.1) is 5.41 Å². The van der Waals surface area contributed by atoms with E-state index in [4.69, 9.17) is 4.74 Å². The minimum absolute atomic E-state index is 0.0548. The van der Waals surface area contributed by atoms with E-state index in [0.29, 0.717) is 0 Å². The quantitative estimate of drug-likeness (QED) is 0.662. The van der Waals surface area contributed by atoms with Gasteiger partial charge in [0.25, 0.3) is 0 Å². The van der Waals surface area contributed by atoms with Gasteiger partial charge in [-0.1, -0.05) is 20.8 Å². The summed E-state index contributed by atoms with van der Waals surface area (Å²) in [5.41, 5.74) is -0.647. The maximum absolute atomic E-state index is 10.0. The van der Waals surface area contributed by atoms with Crippen LogP contribution in [0.4, 0.5) is 0 Å². The Hall–Kier alpha value is -0.0800. The minimum atomic E-state index is -0.592. The fourth-order valence-electron chi connectivity index (χ4n) is 0.936. The summed E-state index contributed by atoms with van der Waals surface area (Å²) < 4.78 is 4.94. The average Bonchev–Trinajstić information content (AvgIpc) is 1.85. The van der Waals surface area contributed by atoms with Crippen LogP contribution in [-0.2, 0) is 4.74 Å². The molecule has 2 heteroatoms. The Labute approximate surface area is 75.9 Å². The molecule has 0 aliphatic rings. The average molecular weight is 174 g/mol. The molecule has 0 aromatic rings. The van der Waals surface area contributed by atoms with Crippen LogP contribution in [0.15, 0.2) is 0 Å². The topological polar surface area (TPSA) is 29.5 Å².